The molecule has 0 fully saturated rings. The molecule has 0 atom stereocenters. The summed E-state index contributed by atoms with van der Waals surface area (Å²) in [5, 5.41) is 34.5. The van der Waals surface area contributed by atoms with Crippen molar-refractivity contribution in [1.82, 2.24) is 9.80 Å². The smallest absolute Gasteiger partial charge is 0.317 e. The number of carboxylic acids is 4. The van der Waals surface area contributed by atoms with E-state index in [1.54, 1.807) is 0 Å². The van der Waals surface area contributed by atoms with E-state index >= 15 is 0 Å². The Labute approximate surface area is 196 Å². The molecule has 0 aliphatic rings. The van der Waals surface area contributed by atoms with Gasteiger partial charge in [0.15, 0.2) is 0 Å². The van der Waals surface area contributed by atoms with Gasteiger partial charge in [0.25, 0.3) is 0 Å². The van der Waals surface area contributed by atoms with Crippen LogP contribution in [0.1, 0.15) is 0 Å². The molecule has 0 saturated heterocycles. The van der Waals surface area contributed by atoms with E-state index in [2.05, 4.69) is 0 Å². The van der Waals surface area contributed by atoms with E-state index in [0.717, 1.165) is 9.80 Å². The number of aliphatic carboxylic acids is 4. The monoisotopic (exact) mass is 546 g/mol. The van der Waals surface area contributed by atoms with Crippen molar-refractivity contribution >= 4 is 110 Å². The molecule has 13 heteroatoms. The van der Waals surface area contributed by atoms with E-state index < -0.39 is 50.1 Å². The second-order valence-electron chi connectivity index (χ2n) is 4.00. The first-order valence-electron chi connectivity index (χ1n) is 5.52. The standard InChI is InChI=1S/C10H16N2O8.2Na.Pb/c13-7(14)3-11(4-8(15)16)1-2-12(5-9(17)18)6-10(19)20;;;/h1-6H2,(H,13,14)(H,15,16)(H,17,18)(H,19,20);;;. The summed E-state index contributed by atoms with van der Waals surface area (Å²) in [6, 6.07) is 0. The van der Waals surface area contributed by atoms with E-state index in [9.17, 15) is 19.2 Å². The molecule has 0 bridgehead atoms. The minimum atomic E-state index is -1.23. The van der Waals surface area contributed by atoms with Crippen LogP contribution in [0.25, 0.3) is 0 Å². The second-order valence-corrected chi connectivity index (χ2v) is 4.00. The number of carbonyl (C=O) groups is 4. The fourth-order valence-electron chi connectivity index (χ4n) is 1.48. The molecule has 0 heterocycles. The largest absolute Gasteiger partial charge is 0.480 e. The predicted molar refractivity (Wildman–Crippen MR) is 80.7 cm³/mol. The first kappa shape index (κ1) is 31.5. The summed E-state index contributed by atoms with van der Waals surface area (Å²) in [6.45, 7) is -2.25. The molecule has 0 spiro atoms. The van der Waals surface area contributed by atoms with Crippen molar-refractivity contribution in [3.63, 3.8) is 0 Å². The van der Waals surface area contributed by atoms with Crippen molar-refractivity contribution in [3.05, 3.63) is 0 Å². The van der Waals surface area contributed by atoms with Gasteiger partial charge in [-0.05, 0) is 0 Å². The van der Waals surface area contributed by atoms with Gasteiger partial charge in [-0.25, -0.2) is 0 Å². The Morgan fingerprint density at radius 1 is 0.565 bits per heavy atom. The third-order valence-corrected chi connectivity index (χ3v) is 2.17. The molecular weight excluding hydrogens is 529 g/mol. The number of hydrogen-bond donors (Lipinski definition) is 4. The molecule has 0 rings (SSSR count). The van der Waals surface area contributed by atoms with E-state index in [-0.39, 0.29) is 99.5 Å². The summed E-state index contributed by atoms with van der Waals surface area (Å²) in [5.74, 6) is -4.91. The average Bonchev–Trinajstić information content (AvgIpc) is 2.22. The van der Waals surface area contributed by atoms with Crippen LogP contribution in [0.5, 0.6) is 0 Å². The van der Waals surface area contributed by atoms with Crippen molar-refractivity contribution < 1.29 is 39.6 Å². The molecule has 0 unspecified atom stereocenters. The molecule has 0 aliphatic carbocycles. The molecule has 4 N–H and O–H groups in total. The van der Waals surface area contributed by atoms with Gasteiger partial charge in [-0.1, -0.05) is 0 Å². The molecular formula is C10H16N2Na2O8Pb. The summed E-state index contributed by atoms with van der Waals surface area (Å²) in [7, 11) is 0. The molecule has 23 heavy (non-hydrogen) atoms. The van der Waals surface area contributed by atoms with Gasteiger partial charge in [0.1, 0.15) is 0 Å². The van der Waals surface area contributed by atoms with Crippen molar-refractivity contribution in [2.45, 2.75) is 0 Å². The summed E-state index contributed by atoms with van der Waals surface area (Å²) >= 11 is 0. The third-order valence-electron chi connectivity index (χ3n) is 2.17. The van der Waals surface area contributed by atoms with Crippen LogP contribution < -0.4 is 0 Å². The van der Waals surface area contributed by atoms with Gasteiger partial charge in [0, 0.05) is 99.5 Å². The van der Waals surface area contributed by atoms with Gasteiger partial charge < -0.3 is 20.4 Å². The normalized spacial score (nSPS) is 9.30. The van der Waals surface area contributed by atoms with Gasteiger partial charge in [0.05, 0.1) is 26.2 Å². The Balaban J connectivity index is -0.000000602. The van der Waals surface area contributed by atoms with Crippen LogP contribution >= 0.6 is 0 Å². The van der Waals surface area contributed by atoms with Gasteiger partial charge >= 0.3 is 23.9 Å². The quantitative estimate of drug-likeness (QED) is 0.195. The maximum absolute atomic E-state index is 10.6. The van der Waals surface area contributed by atoms with Gasteiger partial charge in [-0.15, -0.1) is 0 Å². The summed E-state index contributed by atoms with van der Waals surface area (Å²) in [5.41, 5.74) is 0. The molecule has 0 saturated carbocycles. The number of rotatable bonds is 11. The maximum Gasteiger partial charge on any atom is 0.317 e. The van der Waals surface area contributed by atoms with Gasteiger partial charge in [-0.2, -0.15) is 0 Å². The Kier molecular flexibility index (Phi) is 24.0. The summed E-state index contributed by atoms with van der Waals surface area (Å²) < 4.78 is 0. The van der Waals surface area contributed by atoms with Crippen LogP contribution in [0.2, 0.25) is 0 Å². The summed E-state index contributed by atoms with van der Waals surface area (Å²) in [4.78, 5) is 44.4. The van der Waals surface area contributed by atoms with E-state index in [4.69, 9.17) is 20.4 Å². The Morgan fingerprint density at radius 3 is 0.870 bits per heavy atom. The fourth-order valence-corrected chi connectivity index (χ4v) is 1.48. The van der Waals surface area contributed by atoms with Crippen molar-refractivity contribution in [3.8, 4) is 0 Å². The zero-order valence-corrected chi connectivity index (χ0v) is 20.9. The molecule has 120 valence electrons. The van der Waals surface area contributed by atoms with Crippen molar-refractivity contribution in [1.29, 1.82) is 0 Å². The van der Waals surface area contributed by atoms with Crippen molar-refractivity contribution in [2.24, 2.45) is 0 Å². The van der Waals surface area contributed by atoms with Crippen LogP contribution in [0.15, 0.2) is 0 Å². The minimum absolute atomic E-state index is 0. The van der Waals surface area contributed by atoms with Crippen LogP contribution in [-0.4, -0.2) is 180 Å². The fraction of sp³-hybridized carbons (Fsp3) is 0.600. The topological polar surface area (TPSA) is 156 Å². The van der Waals surface area contributed by atoms with E-state index in [1.165, 1.54) is 0 Å². The first-order chi connectivity index (χ1) is 9.20. The number of nitrogens with zero attached hydrogens (tertiary/aromatic N) is 2. The molecule has 6 radical (unpaired) electrons. The maximum atomic E-state index is 10.6. The third kappa shape index (κ3) is 20.7. The summed E-state index contributed by atoms with van der Waals surface area (Å²) in [6.07, 6.45) is 0. The molecule has 0 aromatic carbocycles. The van der Waals surface area contributed by atoms with Gasteiger partial charge in [-0.3, -0.25) is 29.0 Å². The van der Waals surface area contributed by atoms with Crippen LogP contribution in [0.3, 0.4) is 0 Å². The second kappa shape index (κ2) is 17.5. The molecule has 0 aromatic heterocycles. The average molecular weight is 545 g/mol. The van der Waals surface area contributed by atoms with Crippen LogP contribution in [0.4, 0.5) is 0 Å². The zero-order chi connectivity index (χ0) is 15.7. The molecule has 0 amide bonds. The van der Waals surface area contributed by atoms with Crippen LogP contribution in [-0.2, 0) is 19.2 Å². The predicted octanol–water partition coefficient (Wildman–Crippen LogP) is -3.21. The Bertz CT molecular complexity index is 331. The van der Waals surface area contributed by atoms with E-state index in [1.807, 2.05) is 0 Å². The van der Waals surface area contributed by atoms with Crippen molar-refractivity contribution in [2.75, 3.05) is 39.3 Å². The molecule has 0 aliphatic heterocycles. The zero-order valence-electron chi connectivity index (χ0n) is 13.1. The number of carboxylic acid groups (broad SMARTS) is 4. The minimum Gasteiger partial charge on any atom is -0.480 e. The SMILES string of the molecule is O=C(O)CN(CCN(CC(=O)O)CC(=O)O)CC(=O)O.[Na].[Na].[Pb]. The van der Waals surface area contributed by atoms with E-state index in [0.29, 0.717) is 0 Å². The first-order valence-corrected chi connectivity index (χ1v) is 5.52. The molecule has 0 aromatic rings. The van der Waals surface area contributed by atoms with Gasteiger partial charge in [0.2, 0.25) is 0 Å². The Morgan fingerprint density at radius 2 is 0.739 bits per heavy atom. The Hall–Kier alpha value is 0.722. The number of hydrogen-bond acceptors (Lipinski definition) is 6. The van der Waals surface area contributed by atoms with Crippen LogP contribution in [0, 0.1) is 0 Å². The molecule has 10 nitrogen and oxygen atoms in total.